The van der Waals surface area contributed by atoms with E-state index in [1.54, 1.807) is 0 Å². The minimum atomic E-state index is -0.190. The maximum atomic E-state index is 5.58. The molecule has 86 valence electrons. The van der Waals surface area contributed by atoms with Crippen molar-refractivity contribution in [2.24, 2.45) is 5.92 Å². The van der Waals surface area contributed by atoms with Gasteiger partial charge in [0.25, 0.3) is 0 Å². The average molecular weight is 218 g/mol. The molecular weight excluding hydrogens is 200 g/mol. The van der Waals surface area contributed by atoms with E-state index in [0.717, 1.165) is 5.57 Å². The second-order valence-corrected chi connectivity index (χ2v) is 4.31. The van der Waals surface area contributed by atoms with Crippen LogP contribution in [0.3, 0.4) is 0 Å². The zero-order chi connectivity index (χ0) is 11.4. The van der Waals surface area contributed by atoms with Crippen LogP contribution in [-0.2, 0) is 9.47 Å². The van der Waals surface area contributed by atoms with Crippen molar-refractivity contribution in [1.82, 2.24) is 0 Å². The molecule has 0 aromatic heterocycles. The molecule has 1 fully saturated rings. The van der Waals surface area contributed by atoms with Crippen molar-refractivity contribution in [3.63, 3.8) is 0 Å². The monoisotopic (exact) mass is 218 g/mol. The Morgan fingerprint density at radius 3 is 2.38 bits per heavy atom. The molecule has 1 aliphatic rings. The van der Waals surface area contributed by atoms with Gasteiger partial charge in [0.05, 0.1) is 13.2 Å². The number of hydrogen-bond acceptors (Lipinski definition) is 2. The number of ether oxygens (including phenoxy) is 2. The standard InChI is InChI=1S/C14H18O2/c1-11(2)10-13(14-15-8-9-16-14)12-6-4-3-5-7-12/h3-7,10-11,14H,8-9H2,1-2H3/b13-10+. The molecule has 0 unspecified atom stereocenters. The summed E-state index contributed by atoms with van der Waals surface area (Å²) in [5.41, 5.74) is 2.33. The maximum Gasteiger partial charge on any atom is 0.184 e. The highest BCUT2D eigenvalue weighted by molar-refractivity contribution is 5.68. The lowest BCUT2D eigenvalue weighted by atomic mass is 10.0. The quantitative estimate of drug-likeness (QED) is 0.776. The van der Waals surface area contributed by atoms with E-state index in [9.17, 15) is 0 Å². The van der Waals surface area contributed by atoms with E-state index < -0.39 is 0 Å². The zero-order valence-corrected chi connectivity index (χ0v) is 9.85. The van der Waals surface area contributed by atoms with Gasteiger partial charge >= 0.3 is 0 Å². The summed E-state index contributed by atoms with van der Waals surface area (Å²) in [5.74, 6) is 0.489. The highest BCUT2D eigenvalue weighted by atomic mass is 16.7. The molecule has 2 heteroatoms. The molecule has 1 aliphatic heterocycles. The Hall–Kier alpha value is -1.12. The Morgan fingerprint density at radius 1 is 1.19 bits per heavy atom. The van der Waals surface area contributed by atoms with Crippen LogP contribution in [0, 0.1) is 5.92 Å². The van der Waals surface area contributed by atoms with E-state index in [1.165, 1.54) is 5.56 Å². The van der Waals surface area contributed by atoms with E-state index in [-0.39, 0.29) is 6.29 Å². The van der Waals surface area contributed by atoms with Crippen molar-refractivity contribution in [3.8, 4) is 0 Å². The van der Waals surface area contributed by atoms with Gasteiger partial charge in [-0.25, -0.2) is 0 Å². The normalized spacial score (nSPS) is 18.3. The molecule has 1 aromatic rings. The first-order valence-electron chi connectivity index (χ1n) is 5.77. The van der Waals surface area contributed by atoms with Crippen LogP contribution in [0.25, 0.3) is 5.57 Å². The predicted octanol–water partition coefficient (Wildman–Crippen LogP) is 3.10. The van der Waals surface area contributed by atoms with Gasteiger partial charge in [-0.05, 0) is 11.5 Å². The van der Waals surface area contributed by atoms with Gasteiger partial charge in [-0.1, -0.05) is 50.3 Å². The molecule has 2 rings (SSSR count). The van der Waals surface area contributed by atoms with Crippen molar-refractivity contribution in [3.05, 3.63) is 42.0 Å². The summed E-state index contributed by atoms with van der Waals surface area (Å²) in [7, 11) is 0. The SMILES string of the molecule is CC(C)/C=C(\c1ccccc1)C1OCCO1. The summed E-state index contributed by atoms with van der Waals surface area (Å²) < 4.78 is 11.2. The minimum absolute atomic E-state index is 0.190. The maximum absolute atomic E-state index is 5.58. The molecule has 0 atom stereocenters. The van der Waals surface area contributed by atoms with Crippen molar-refractivity contribution < 1.29 is 9.47 Å². The fourth-order valence-electron chi connectivity index (χ4n) is 1.84. The zero-order valence-electron chi connectivity index (χ0n) is 9.85. The summed E-state index contributed by atoms with van der Waals surface area (Å²) in [6.07, 6.45) is 2.02. The Morgan fingerprint density at radius 2 is 1.81 bits per heavy atom. The van der Waals surface area contributed by atoms with Crippen LogP contribution in [0.4, 0.5) is 0 Å². The van der Waals surface area contributed by atoms with Gasteiger partial charge in [0.15, 0.2) is 6.29 Å². The Labute approximate surface area is 96.9 Å². The molecule has 0 radical (unpaired) electrons. The number of benzene rings is 1. The molecule has 2 nitrogen and oxygen atoms in total. The summed E-state index contributed by atoms with van der Waals surface area (Å²) >= 11 is 0. The molecular formula is C14H18O2. The van der Waals surface area contributed by atoms with Gasteiger partial charge in [-0.2, -0.15) is 0 Å². The van der Waals surface area contributed by atoms with Gasteiger partial charge in [0.2, 0.25) is 0 Å². The largest absolute Gasteiger partial charge is 0.346 e. The van der Waals surface area contributed by atoms with Gasteiger partial charge in [0.1, 0.15) is 0 Å². The van der Waals surface area contributed by atoms with E-state index in [0.29, 0.717) is 19.1 Å². The van der Waals surface area contributed by atoms with Crippen LogP contribution >= 0.6 is 0 Å². The molecule has 0 aliphatic carbocycles. The first kappa shape index (κ1) is 11.4. The lowest BCUT2D eigenvalue weighted by Crippen LogP contribution is -2.11. The van der Waals surface area contributed by atoms with Crippen LogP contribution in [0.2, 0.25) is 0 Å². The number of hydrogen-bond donors (Lipinski definition) is 0. The Bertz CT molecular complexity index is 348. The molecule has 0 N–H and O–H groups in total. The van der Waals surface area contributed by atoms with E-state index >= 15 is 0 Å². The van der Waals surface area contributed by atoms with Crippen LogP contribution in [0.15, 0.2) is 36.4 Å². The van der Waals surface area contributed by atoms with E-state index in [2.05, 4.69) is 32.1 Å². The average Bonchev–Trinajstić information content (AvgIpc) is 2.80. The molecule has 16 heavy (non-hydrogen) atoms. The van der Waals surface area contributed by atoms with Crippen molar-refractivity contribution in [2.75, 3.05) is 13.2 Å². The molecule has 1 saturated heterocycles. The van der Waals surface area contributed by atoms with Crippen molar-refractivity contribution in [1.29, 1.82) is 0 Å². The van der Waals surface area contributed by atoms with E-state index in [1.807, 2.05) is 18.2 Å². The van der Waals surface area contributed by atoms with Crippen LogP contribution in [0.5, 0.6) is 0 Å². The number of rotatable bonds is 3. The highest BCUT2D eigenvalue weighted by Crippen LogP contribution is 2.25. The van der Waals surface area contributed by atoms with Crippen molar-refractivity contribution >= 4 is 5.57 Å². The van der Waals surface area contributed by atoms with Crippen LogP contribution in [-0.4, -0.2) is 19.5 Å². The minimum Gasteiger partial charge on any atom is -0.346 e. The predicted molar refractivity (Wildman–Crippen MR) is 64.9 cm³/mol. The molecule has 1 aromatic carbocycles. The van der Waals surface area contributed by atoms with Crippen LogP contribution < -0.4 is 0 Å². The summed E-state index contributed by atoms with van der Waals surface area (Å²) in [6.45, 7) is 5.70. The molecule has 0 amide bonds. The first-order valence-corrected chi connectivity index (χ1v) is 5.77. The fraction of sp³-hybridized carbons (Fsp3) is 0.429. The van der Waals surface area contributed by atoms with Gasteiger partial charge in [0, 0.05) is 5.57 Å². The van der Waals surface area contributed by atoms with Gasteiger partial charge in [-0.3, -0.25) is 0 Å². The van der Waals surface area contributed by atoms with Gasteiger partial charge < -0.3 is 9.47 Å². The third-order valence-electron chi connectivity index (χ3n) is 2.50. The first-order chi connectivity index (χ1) is 7.77. The third kappa shape index (κ3) is 2.71. The third-order valence-corrected chi connectivity index (χ3v) is 2.50. The topological polar surface area (TPSA) is 18.5 Å². The molecule has 0 spiro atoms. The smallest absolute Gasteiger partial charge is 0.184 e. The highest BCUT2D eigenvalue weighted by Gasteiger charge is 2.22. The van der Waals surface area contributed by atoms with Crippen molar-refractivity contribution in [2.45, 2.75) is 20.1 Å². The van der Waals surface area contributed by atoms with E-state index in [4.69, 9.17) is 9.47 Å². The summed E-state index contributed by atoms with van der Waals surface area (Å²) in [5, 5.41) is 0. The second kappa shape index (κ2) is 5.28. The lowest BCUT2D eigenvalue weighted by molar-refractivity contribution is 0.00664. The fourth-order valence-corrected chi connectivity index (χ4v) is 1.84. The Balaban J connectivity index is 2.28. The summed E-state index contributed by atoms with van der Waals surface area (Å²) in [6, 6.07) is 10.3. The Kier molecular flexibility index (Phi) is 3.75. The lowest BCUT2D eigenvalue weighted by Gasteiger charge is -2.15. The second-order valence-electron chi connectivity index (χ2n) is 4.31. The van der Waals surface area contributed by atoms with Crippen LogP contribution in [0.1, 0.15) is 19.4 Å². The molecule has 0 saturated carbocycles. The molecule has 1 heterocycles. The number of allylic oxidation sites excluding steroid dienone is 1. The molecule has 0 bridgehead atoms. The van der Waals surface area contributed by atoms with Gasteiger partial charge in [-0.15, -0.1) is 0 Å². The summed E-state index contributed by atoms with van der Waals surface area (Å²) in [4.78, 5) is 0.